The normalized spacial score (nSPS) is 23.4. The van der Waals surface area contributed by atoms with Crippen LogP contribution in [0.25, 0.3) is 0 Å². The number of nitrogens with two attached hydrogens (primary N) is 1. The summed E-state index contributed by atoms with van der Waals surface area (Å²) in [6.07, 6.45) is 11.1. The molecule has 220 valence electrons. The number of nitrogens with one attached hydrogen (secondary N) is 1. The van der Waals surface area contributed by atoms with E-state index in [1.165, 1.54) is 11.8 Å². The first-order chi connectivity index (χ1) is 19.5. The molecular weight excluding hydrogens is 587 g/mol. The second-order valence-corrected chi connectivity index (χ2v) is 11.9. The molecular formula is C27H34Cl2N8O3S. The quantitative estimate of drug-likeness (QED) is 0.366. The van der Waals surface area contributed by atoms with Gasteiger partial charge in [0, 0.05) is 48.4 Å². The molecule has 3 aliphatic heterocycles. The van der Waals surface area contributed by atoms with Crippen LogP contribution in [0.2, 0.25) is 5.02 Å². The van der Waals surface area contributed by atoms with Gasteiger partial charge in [0.1, 0.15) is 23.3 Å². The van der Waals surface area contributed by atoms with Gasteiger partial charge in [-0.1, -0.05) is 23.4 Å². The second-order valence-electron chi connectivity index (χ2n) is 10.5. The highest BCUT2D eigenvalue weighted by atomic mass is 35.5. The molecule has 3 atom stereocenters. The molecule has 0 aromatic carbocycles. The molecule has 3 N–H and O–H groups in total. The summed E-state index contributed by atoms with van der Waals surface area (Å²) in [4.78, 5) is 25.4. The predicted molar refractivity (Wildman–Crippen MR) is 160 cm³/mol. The minimum atomic E-state index is 0. The molecule has 0 unspecified atom stereocenters. The number of ether oxygens (including phenoxy) is 3. The van der Waals surface area contributed by atoms with Gasteiger partial charge in [-0.2, -0.15) is 4.98 Å². The zero-order valence-corrected chi connectivity index (χ0v) is 25.1. The Bertz CT molecular complexity index is 1310. The Hall–Kier alpha value is -2.48. The first kappa shape index (κ1) is 30.0. The van der Waals surface area contributed by atoms with Gasteiger partial charge >= 0.3 is 6.01 Å². The third-order valence-electron chi connectivity index (χ3n) is 7.91. The molecule has 11 nitrogen and oxygen atoms in total. The molecule has 0 saturated carbocycles. The Balaban J connectivity index is 0.00000337. The summed E-state index contributed by atoms with van der Waals surface area (Å²) in [5.41, 5.74) is 6.54. The number of rotatable bonds is 8. The van der Waals surface area contributed by atoms with Gasteiger partial charge in [0.05, 0.1) is 36.2 Å². The van der Waals surface area contributed by atoms with Crippen LogP contribution in [0.5, 0.6) is 6.01 Å². The highest BCUT2D eigenvalue weighted by Gasteiger charge is 2.47. The molecule has 14 heteroatoms. The Morgan fingerprint density at radius 2 is 1.98 bits per heavy atom. The van der Waals surface area contributed by atoms with E-state index < -0.39 is 0 Å². The van der Waals surface area contributed by atoms with Crippen molar-refractivity contribution in [3.8, 4) is 6.01 Å². The zero-order chi connectivity index (χ0) is 27.5. The zero-order valence-electron chi connectivity index (χ0n) is 22.7. The fourth-order valence-electron chi connectivity index (χ4n) is 5.43. The first-order valence-electron chi connectivity index (χ1n) is 13.6. The van der Waals surface area contributed by atoms with Crippen molar-refractivity contribution in [2.45, 2.75) is 60.8 Å². The van der Waals surface area contributed by atoms with Crippen molar-refractivity contribution in [2.24, 2.45) is 11.1 Å². The van der Waals surface area contributed by atoms with E-state index in [-0.39, 0.29) is 42.1 Å². The molecule has 0 aliphatic carbocycles. The van der Waals surface area contributed by atoms with E-state index in [0.717, 1.165) is 67.7 Å². The fraction of sp³-hybridized carbons (Fsp3) is 0.519. The van der Waals surface area contributed by atoms with Crippen molar-refractivity contribution < 1.29 is 14.2 Å². The van der Waals surface area contributed by atoms with Crippen molar-refractivity contribution in [3.63, 3.8) is 0 Å². The van der Waals surface area contributed by atoms with Crippen LogP contribution in [0.1, 0.15) is 32.6 Å². The third kappa shape index (κ3) is 6.79. The lowest BCUT2D eigenvalue weighted by molar-refractivity contribution is 0.0646. The molecule has 6 heterocycles. The summed E-state index contributed by atoms with van der Waals surface area (Å²) in [6.45, 7) is 5.79. The molecule has 0 radical (unpaired) electrons. The predicted octanol–water partition coefficient (Wildman–Crippen LogP) is 4.52. The summed E-state index contributed by atoms with van der Waals surface area (Å²) in [5, 5.41) is 4.37. The van der Waals surface area contributed by atoms with E-state index in [1.54, 1.807) is 24.7 Å². The molecule has 3 aliphatic rings. The summed E-state index contributed by atoms with van der Waals surface area (Å²) in [7, 11) is 0. The van der Waals surface area contributed by atoms with E-state index in [2.05, 4.69) is 42.1 Å². The lowest BCUT2D eigenvalue weighted by atomic mass is 9.73. The summed E-state index contributed by atoms with van der Waals surface area (Å²) in [6, 6.07) is 3.94. The number of anilines is 3. The van der Waals surface area contributed by atoms with Gasteiger partial charge < -0.3 is 30.2 Å². The third-order valence-corrected chi connectivity index (χ3v) is 9.39. The van der Waals surface area contributed by atoms with Gasteiger partial charge in [-0.05, 0) is 44.7 Å². The van der Waals surface area contributed by atoms with E-state index in [4.69, 9.17) is 31.5 Å². The molecule has 1 spiro atoms. The van der Waals surface area contributed by atoms with Crippen molar-refractivity contribution in [1.29, 1.82) is 0 Å². The molecule has 3 aromatic heterocycles. The van der Waals surface area contributed by atoms with E-state index >= 15 is 0 Å². The monoisotopic (exact) mass is 620 g/mol. The highest BCUT2D eigenvalue weighted by molar-refractivity contribution is 7.99. The lowest BCUT2D eigenvalue weighted by Gasteiger charge is -2.41. The molecule has 41 heavy (non-hydrogen) atoms. The molecule has 3 aromatic rings. The number of piperidine rings is 1. The van der Waals surface area contributed by atoms with Crippen molar-refractivity contribution >= 4 is 53.2 Å². The number of hydrogen-bond donors (Lipinski definition) is 2. The largest absolute Gasteiger partial charge is 0.461 e. The maximum Gasteiger partial charge on any atom is 0.318 e. The van der Waals surface area contributed by atoms with Crippen molar-refractivity contribution in [1.82, 2.24) is 24.9 Å². The van der Waals surface area contributed by atoms with Crippen LogP contribution in [0.3, 0.4) is 0 Å². The Morgan fingerprint density at radius 3 is 2.68 bits per heavy atom. The number of aromatic nitrogens is 5. The van der Waals surface area contributed by atoms with Gasteiger partial charge in [0.2, 0.25) is 0 Å². The summed E-state index contributed by atoms with van der Waals surface area (Å²) >= 11 is 8.14. The van der Waals surface area contributed by atoms with Gasteiger partial charge in [0.25, 0.3) is 0 Å². The second kappa shape index (κ2) is 13.2. The number of hydrogen-bond acceptors (Lipinski definition) is 12. The van der Waals surface area contributed by atoms with Crippen LogP contribution >= 0.6 is 35.8 Å². The van der Waals surface area contributed by atoms with Crippen LogP contribution in [0.15, 0.2) is 46.8 Å². The van der Waals surface area contributed by atoms with Gasteiger partial charge in [-0.3, -0.25) is 0 Å². The van der Waals surface area contributed by atoms with Crippen LogP contribution in [-0.2, 0) is 9.47 Å². The molecule has 3 fully saturated rings. The Kier molecular flexibility index (Phi) is 9.67. The number of nitrogens with zero attached hydrogens (tertiary/aromatic N) is 6. The molecule has 0 amide bonds. The Morgan fingerprint density at radius 1 is 1.15 bits per heavy atom. The molecule has 6 rings (SSSR count). The first-order valence-corrected chi connectivity index (χ1v) is 14.8. The average Bonchev–Trinajstić information content (AvgIpc) is 3.60. The smallest absolute Gasteiger partial charge is 0.318 e. The molecule has 3 saturated heterocycles. The van der Waals surface area contributed by atoms with Gasteiger partial charge in [0.15, 0.2) is 5.82 Å². The van der Waals surface area contributed by atoms with Crippen LogP contribution in [0, 0.1) is 5.41 Å². The van der Waals surface area contributed by atoms with E-state index in [1.807, 2.05) is 12.3 Å². The maximum atomic E-state index is 6.72. The van der Waals surface area contributed by atoms with E-state index in [9.17, 15) is 0 Å². The van der Waals surface area contributed by atoms with Crippen LogP contribution in [0.4, 0.5) is 17.5 Å². The molecule has 0 bridgehead atoms. The number of halogens is 2. The average molecular weight is 622 g/mol. The fourth-order valence-corrected chi connectivity index (χ4v) is 6.45. The summed E-state index contributed by atoms with van der Waals surface area (Å²) < 4.78 is 17.2. The van der Waals surface area contributed by atoms with Crippen molar-refractivity contribution in [2.75, 3.05) is 43.1 Å². The summed E-state index contributed by atoms with van der Waals surface area (Å²) in [5.74, 6) is 1.87. The minimum absolute atomic E-state index is 0. The Labute approximate surface area is 254 Å². The van der Waals surface area contributed by atoms with Crippen LogP contribution < -0.4 is 20.7 Å². The lowest BCUT2D eigenvalue weighted by Crippen LogP contribution is -2.50. The van der Waals surface area contributed by atoms with Crippen LogP contribution in [-0.4, -0.2) is 76.1 Å². The van der Waals surface area contributed by atoms with Gasteiger partial charge in [-0.15, -0.1) is 12.4 Å². The standard InChI is InChI=1S/C27H33ClN8O3S.ClH/c1-17-24(29)27(16-39-17)6-10-36(11-7-27)21-13-33-22(14-32-21)40-19-4-8-30-25(23(19)28)34-20-5-9-31-26(35-20)38-15-18-3-2-12-37-18;/h4-5,8-9,13-14,17-18,24H,2-3,6-7,10-12,15-16,29H2,1H3,(H,30,31,34,35);1H/t17-,18+,24+;/m0./s1. The maximum absolute atomic E-state index is 6.72. The van der Waals surface area contributed by atoms with E-state index in [0.29, 0.717) is 23.3 Å². The SMILES string of the molecule is C[C@@H]1OCC2(CCN(c3cnc(Sc4ccnc(Nc5ccnc(OC[C@H]6CCCO6)n5)c4Cl)cn3)CC2)[C@@H]1N.Cl. The topological polar surface area (TPSA) is 133 Å². The minimum Gasteiger partial charge on any atom is -0.461 e. The highest BCUT2D eigenvalue weighted by Crippen LogP contribution is 2.42. The van der Waals surface area contributed by atoms with Crippen molar-refractivity contribution in [3.05, 3.63) is 41.9 Å². The number of pyridine rings is 1. The van der Waals surface area contributed by atoms with Gasteiger partial charge in [-0.25, -0.2) is 19.9 Å².